The molecule has 2 atom stereocenters. The number of hydrogen-bond donors (Lipinski definition) is 0. The molecule has 0 N–H and O–H groups in total. The number of imidazole rings is 1. The number of rotatable bonds is 7. The van der Waals surface area contributed by atoms with E-state index >= 15 is 0 Å². The molecular formula is C27H31Cl2N5O4. The molecule has 5 rings (SSSR count). The molecule has 2 aromatic carbocycles. The molecule has 11 heteroatoms. The lowest BCUT2D eigenvalue weighted by Crippen LogP contribution is -2.51. The van der Waals surface area contributed by atoms with E-state index in [-0.39, 0.29) is 12.1 Å². The van der Waals surface area contributed by atoms with Gasteiger partial charge in [0.2, 0.25) is 5.79 Å². The number of hydrogen-bond acceptors (Lipinski definition) is 6. The lowest BCUT2D eigenvalue weighted by atomic mass is 10.1. The van der Waals surface area contributed by atoms with Crippen molar-refractivity contribution >= 4 is 34.9 Å². The number of carbonyl (C=O) groups excluding carboxylic acids is 1. The number of nitrogens with zero attached hydrogens (tertiary/aromatic N) is 5. The van der Waals surface area contributed by atoms with Crippen LogP contribution in [0.2, 0.25) is 10.0 Å². The largest absolute Gasteiger partial charge is 0.491 e. The molecule has 0 aliphatic carbocycles. The van der Waals surface area contributed by atoms with Crippen molar-refractivity contribution < 1.29 is 19.0 Å². The smallest absolute Gasteiger partial charge is 0.319 e. The van der Waals surface area contributed by atoms with Crippen molar-refractivity contribution in [3.05, 3.63) is 76.8 Å². The third kappa shape index (κ3) is 5.86. The zero-order chi connectivity index (χ0) is 26.7. The van der Waals surface area contributed by atoms with E-state index in [4.69, 9.17) is 37.4 Å². The molecule has 38 heavy (non-hydrogen) atoms. The maximum atomic E-state index is 12.2. The fraction of sp³-hybridized carbons (Fsp3) is 0.407. The molecule has 2 saturated heterocycles. The normalized spacial score (nSPS) is 21.5. The second kappa shape index (κ2) is 11.4. The van der Waals surface area contributed by atoms with Crippen molar-refractivity contribution in [3.63, 3.8) is 0 Å². The lowest BCUT2D eigenvalue weighted by molar-refractivity contribution is -0.189. The van der Waals surface area contributed by atoms with Crippen LogP contribution in [-0.4, -0.2) is 85.0 Å². The van der Waals surface area contributed by atoms with Gasteiger partial charge in [-0.15, -0.1) is 0 Å². The first-order chi connectivity index (χ1) is 18.3. The Kier molecular flexibility index (Phi) is 7.99. The van der Waals surface area contributed by atoms with Gasteiger partial charge in [-0.05, 0) is 36.4 Å². The molecule has 2 amide bonds. The Bertz CT molecular complexity index is 1230. The van der Waals surface area contributed by atoms with Gasteiger partial charge in [-0.25, -0.2) is 9.78 Å². The summed E-state index contributed by atoms with van der Waals surface area (Å²) in [6.07, 6.45) is 4.97. The topological polar surface area (TPSA) is 72.3 Å². The molecular weight excluding hydrogens is 529 g/mol. The molecule has 9 nitrogen and oxygen atoms in total. The molecule has 2 aliphatic rings. The number of piperazine rings is 1. The van der Waals surface area contributed by atoms with Gasteiger partial charge in [-0.1, -0.05) is 29.3 Å². The van der Waals surface area contributed by atoms with Gasteiger partial charge in [0.05, 0.1) is 24.5 Å². The van der Waals surface area contributed by atoms with Gasteiger partial charge in [-0.2, -0.15) is 0 Å². The van der Waals surface area contributed by atoms with E-state index in [9.17, 15) is 4.79 Å². The molecule has 0 radical (unpaired) electrons. The van der Waals surface area contributed by atoms with Crippen LogP contribution < -0.4 is 9.64 Å². The number of anilines is 1. The molecule has 202 valence electrons. The first-order valence-corrected chi connectivity index (χ1v) is 13.3. The molecule has 3 heterocycles. The maximum absolute atomic E-state index is 12.2. The molecule has 2 unspecified atom stereocenters. The van der Waals surface area contributed by atoms with Crippen LogP contribution in [0.1, 0.15) is 5.56 Å². The van der Waals surface area contributed by atoms with Gasteiger partial charge in [0.15, 0.2) is 0 Å². The number of aromatic nitrogens is 2. The number of benzene rings is 2. The Balaban J connectivity index is 1.19. The third-order valence-corrected chi connectivity index (χ3v) is 7.27. The summed E-state index contributed by atoms with van der Waals surface area (Å²) < 4.78 is 20.7. The highest BCUT2D eigenvalue weighted by Crippen LogP contribution is 2.40. The molecule has 2 fully saturated rings. The van der Waals surface area contributed by atoms with E-state index in [1.165, 1.54) is 0 Å². The van der Waals surface area contributed by atoms with E-state index in [0.29, 0.717) is 48.5 Å². The summed E-state index contributed by atoms with van der Waals surface area (Å²) in [7, 11) is 3.56. The second-order valence-corrected chi connectivity index (χ2v) is 10.5. The Morgan fingerprint density at radius 3 is 2.55 bits per heavy atom. The van der Waals surface area contributed by atoms with E-state index in [1.807, 2.05) is 46.0 Å². The van der Waals surface area contributed by atoms with E-state index in [0.717, 1.165) is 24.5 Å². The minimum Gasteiger partial charge on any atom is -0.491 e. The van der Waals surface area contributed by atoms with Gasteiger partial charge in [0, 0.05) is 68.9 Å². The summed E-state index contributed by atoms with van der Waals surface area (Å²) >= 11 is 12.7. The van der Waals surface area contributed by atoms with Crippen LogP contribution in [0.3, 0.4) is 0 Å². The third-order valence-electron chi connectivity index (χ3n) is 6.72. The fourth-order valence-corrected chi connectivity index (χ4v) is 5.31. The fourth-order valence-electron chi connectivity index (χ4n) is 4.76. The predicted octanol–water partition coefficient (Wildman–Crippen LogP) is 4.34. The molecule has 2 aliphatic heterocycles. The monoisotopic (exact) mass is 559 g/mol. The minimum atomic E-state index is -1.09. The van der Waals surface area contributed by atoms with Crippen LogP contribution in [0, 0.1) is 0 Å². The first kappa shape index (κ1) is 26.6. The van der Waals surface area contributed by atoms with Crippen LogP contribution in [0.5, 0.6) is 5.75 Å². The number of amides is 2. The summed E-state index contributed by atoms with van der Waals surface area (Å²) in [6.45, 7) is 4.04. The second-order valence-electron chi connectivity index (χ2n) is 9.62. The summed E-state index contributed by atoms with van der Waals surface area (Å²) in [5, 5.41) is 1.02. The minimum absolute atomic E-state index is 0.0545. The highest BCUT2D eigenvalue weighted by molar-refractivity contribution is 6.35. The van der Waals surface area contributed by atoms with Crippen LogP contribution in [0.25, 0.3) is 0 Å². The number of carbonyl (C=O) groups is 1. The molecule has 1 aromatic heterocycles. The first-order valence-electron chi connectivity index (χ1n) is 12.5. The number of ether oxygens (including phenoxy) is 3. The van der Waals surface area contributed by atoms with Gasteiger partial charge < -0.3 is 33.5 Å². The average molecular weight is 560 g/mol. The van der Waals surface area contributed by atoms with Crippen LogP contribution in [-0.2, 0) is 21.8 Å². The van der Waals surface area contributed by atoms with Crippen LogP contribution in [0.4, 0.5) is 10.5 Å². The maximum Gasteiger partial charge on any atom is 0.319 e. The van der Waals surface area contributed by atoms with Crippen molar-refractivity contribution in [2.75, 3.05) is 58.4 Å². The highest BCUT2D eigenvalue weighted by Gasteiger charge is 2.45. The Labute approximate surface area is 232 Å². The summed E-state index contributed by atoms with van der Waals surface area (Å²) in [5.41, 5.74) is 1.81. The van der Waals surface area contributed by atoms with Crippen molar-refractivity contribution in [3.8, 4) is 5.75 Å². The van der Waals surface area contributed by atoms with Gasteiger partial charge in [-0.3, -0.25) is 0 Å². The van der Waals surface area contributed by atoms with Gasteiger partial charge in [0.25, 0.3) is 0 Å². The van der Waals surface area contributed by atoms with E-state index in [1.54, 1.807) is 43.7 Å². The number of urea groups is 1. The predicted molar refractivity (Wildman–Crippen MR) is 146 cm³/mol. The van der Waals surface area contributed by atoms with E-state index < -0.39 is 5.79 Å². The molecule has 3 aromatic rings. The lowest BCUT2D eigenvalue weighted by Gasteiger charge is -2.37. The number of halogens is 2. The van der Waals surface area contributed by atoms with Crippen molar-refractivity contribution in [1.29, 1.82) is 0 Å². The zero-order valence-electron chi connectivity index (χ0n) is 21.4. The summed E-state index contributed by atoms with van der Waals surface area (Å²) in [4.78, 5) is 22.1. The summed E-state index contributed by atoms with van der Waals surface area (Å²) in [5.74, 6) is -0.341. The van der Waals surface area contributed by atoms with Crippen molar-refractivity contribution in [2.24, 2.45) is 0 Å². The summed E-state index contributed by atoms with van der Waals surface area (Å²) in [6, 6.07) is 13.3. The Hall–Kier alpha value is -2.98. The highest BCUT2D eigenvalue weighted by atomic mass is 35.5. The molecule has 0 spiro atoms. The molecule has 0 bridgehead atoms. The standard InChI is InChI=1S/C27H31Cl2N5O4/c1-31(2)26(35)34-13-11-33(12-14-34)21-4-6-22(7-5-21)36-16-23-17-37-27(38-23,18-32-10-9-30-19-32)24-8-3-20(28)15-25(24)29/h3-10,15,19,23H,11-14,16-18H2,1-2H3. The van der Waals surface area contributed by atoms with E-state index in [2.05, 4.69) is 9.88 Å². The molecule has 0 saturated carbocycles. The average Bonchev–Trinajstić information content (AvgIpc) is 3.58. The quantitative estimate of drug-likeness (QED) is 0.428. The van der Waals surface area contributed by atoms with Gasteiger partial charge >= 0.3 is 6.03 Å². The van der Waals surface area contributed by atoms with Crippen molar-refractivity contribution in [1.82, 2.24) is 19.4 Å². The van der Waals surface area contributed by atoms with Crippen LogP contribution in [0.15, 0.2) is 61.2 Å². The SMILES string of the molecule is CN(C)C(=O)N1CCN(c2ccc(OCC3COC(Cn4ccnc4)(c4ccc(Cl)cc4Cl)O3)cc2)CC1. The van der Waals surface area contributed by atoms with Gasteiger partial charge in [0.1, 0.15) is 18.5 Å². The Morgan fingerprint density at radius 2 is 1.89 bits per heavy atom. The Morgan fingerprint density at radius 1 is 1.13 bits per heavy atom. The van der Waals surface area contributed by atoms with Crippen molar-refractivity contribution in [2.45, 2.75) is 18.4 Å². The zero-order valence-corrected chi connectivity index (χ0v) is 22.9. The van der Waals surface area contributed by atoms with Crippen LogP contribution >= 0.6 is 23.2 Å².